The quantitative estimate of drug-likeness (QED) is 0.881. The molecule has 98 valence electrons. The first-order valence-corrected chi connectivity index (χ1v) is 6.76. The van der Waals surface area contributed by atoms with Gasteiger partial charge in [0.2, 0.25) is 0 Å². The summed E-state index contributed by atoms with van der Waals surface area (Å²) in [5, 5.41) is 3.40. The zero-order valence-corrected chi connectivity index (χ0v) is 10.9. The van der Waals surface area contributed by atoms with E-state index in [9.17, 15) is 0 Å². The second kappa shape index (κ2) is 5.00. The molecule has 0 aliphatic carbocycles. The first kappa shape index (κ1) is 12.2. The smallest absolute Gasteiger partial charge is 0.0710 e. The Morgan fingerprint density at radius 3 is 2.89 bits per heavy atom. The molecule has 2 aliphatic heterocycles. The summed E-state index contributed by atoms with van der Waals surface area (Å²) in [7, 11) is 0. The van der Waals surface area contributed by atoms with E-state index in [4.69, 9.17) is 9.47 Å². The summed E-state index contributed by atoms with van der Waals surface area (Å²) >= 11 is 0. The number of benzene rings is 1. The van der Waals surface area contributed by atoms with Crippen molar-refractivity contribution in [3.63, 3.8) is 0 Å². The molecule has 1 atom stereocenters. The number of nitrogens with one attached hydrogen (secondary N) is 1. The fourth-order valence-electron chi connectivity index (χ4n) is 2.91. The van der Waals surface area contributed by atoms with Crippen molar-refractivity contribution in [1.29, 1.82) is 0 Å². The van der Waals surface area contributed by atoms with Crippen molar-refractivity contribution >= 4 is 0 Å². The van der Waals surface area contributed by atoms with Crippen LogP contribution in [-0.4, -0.2) is 39.0 Å². The molecular formula is C15H21NO2. The summed E-state index contributed by atoms with van der Waals surface area (Å²) in [6, 6.07) is 8.81. The van der Waals surface area contributed by atoms with E-state index in [0.717, 1.165) is 39.3 Å². The highest BCUT2D eigenvalue weighted by Crippen LogP contribution is 2.37. The molecule has 0 radical (unpaired) electrons. The minimum Gasteiger partial charge on any atom is -0.379 e. The number of ether oxygens (including phenoxy) is 2. The van der Waals surface area contributed by atoms with Crippen molar-refractivity contribution < 1.29 is 9.47 Å². The van der Waals surface area contributed by atoms with Crippen LogP contribution in [0, 0.1) is 6.92 Å². The standard InChI is InChI=1S/C15H21NO2/c1-12-3-2-4-13(7-12)15(10-17-11-15)8-14-9-16-5-6-18-14/h2-4,7,14,16H,5-6,8-11H2,1H3. The average molecular weight is 247 g/mol. The summed E-state index contributed by atoms with van der Waals surface area (Å²) in [4.78, 5) is 0. The van der Waals surface area contributed by atoms with Crippen LogP contribution in [0.15, 0.2) is 24.3 Å². The van der Waals surface area contributed by atoms with Gasteiger partial charge in [-0.3, -0.25) is 0 Å². The predicted octanol–water partition coefficient (Wildman–Crippen LogP) is 1.64. The molecule has 2 heterocycles. The maximum Gasteiger partial charge on any atom is 0.0710 e. The highest BCUT2D eigenvalue weighted by Gasteiger charge is 2.42. The van der Waals surface area contributed by atoms with Gasteiger partial charge in [0.1, 0.15) is 0 Å². The minimum atomic E-state index is 0.176. The average Bonchev–Trinajstić information content (AvgIpc) is 2.35. The van der Waals surface area contributed by atoms with Gasteiger partial charge in [-0.2, -0.15) is 0 Å². The van der Waals surface area contributed by atoms with Gasteiger partial charge in [-0.05, 0) is 18.9 Å². The molecule has 2 saturated heterocycles. The monoisotopic (exact) mass is 247 g/mol. The fraction of sp³-hybridized carbons (Fsp3) is 0.600. The number of hydrogen-bond acceptors (Lipinski definition) is 3. The summed E-state index contributed by atoms with van der Waals surface area (Å²) < 4.78 is 11.3. The molecule has 0 aromatic heterocycles. The second-order valence-corrected chi connectivity index (χ2v) is 5.54. The second-order valence-electron chi connectivity index (χ2n) is 5.54. The van der Waals surface area contributed by atoms with Crippen molar-refractivity contribution in [2.24, 2.45) is 0 Å². The van der Waals surface area contributed by atoms with Crippen LogP contribution in [-0.2, 0) is 14.9 Å². The van der Waals surface area contributed by atoms with E-state index >= 15 is 0 Å². The predicted molar refractivity (Wildman–Crippen MR) is 70.9 cm³/mol. The van der Waals surface area contributed by atoms with Crippen molar-refractivity contribution in [3.8, 4) is 0 Å². The molecule has 3 nitrogen and oxygen atoms in total. The highest BCUT2D eigenvalue weighted by molar-refractivity contribution is 5.32. The molecule has 1 N–H and O–H groups in total. The first-order valence-electron chi connectivity index (χ1n) is 6.76. The van der Waals surface area contributed by atoms with Gasteiger partial charge in [-0.15, -0.1) is 0 Å². The van der Waals surface area contributed by atoms with Crippen LogP contribution < -0.4 is 5.32 Å². The summed E-state index contributed by atoms with van der Waals surface area (Å²) in [5.41, 5.74) is 2.90. The molecule has 1 aromatic rings. The van der Waals surface area contributed by atoms with Crippen LogP contribution in [0.1, 0.15) is 17.5 Å². The van der Waals surface area contributed by atoms with Crippen molar-refractivity contribution in [2.75, 3.05) is 32.9 Å². The number of rotatable bonds is 3. The molecule has 1 unspecified atom stereocenters. The Kier molecular flexibility index (Phi) is 3.37. The Bertz CT molecular complexity index is 409. The Balaban J connectivity index is 1.77. The third kappa shape index (κ3) is 2.30. The molecule has 3 rings (SSSR count). The van der Waals surface area contributed by atoms with E-state index in [1.54, 1.807) is 0 Å². The van der Waals surface area contributed by atoms with Gasteiger partial charge in [0.15, 0.2) is 0 Å². The van der Waals surface area contributed by atoms with Gasteiger partial charge in [-0.1, -0.05) is 29.8 Å². The Morgan fingerprint density at radius 2 is 2.28 bits per heavy atom. The van der Waals surface area contributed by atoms with Gasteiger partial charge < -0.3 is 14.8 Å². The SMILES string of the molecule is Cc1cccc(C2(CC3CNCCO3)COC2)c1. The number of aryl methyl sites for hydroxylation is 1. The van der Waals surface area contributed by atoms with E-state index in [0.29, 0.717) is 6.10 Å². The van der Waals surface area contributed by atoms with Crippen molar-refractivity contribution in [3.05, 3.63) is 35.4 Å². The lowest BCUT2D eigenvalue weighted by Crippen LogP contribution is -2.52. The number of morpholine rings is 1. The molecule has 3 heteroatoms. The van der Waals surface area contributed by atoms with Crippen LogP contribution in [0.2, 0.25) is 0 Å². The topological polar surface area (TPSA) is 30.5 Å². The van der Waals surface area contributed by atoms with Gasteiger partial charge in [0, 0.05) is 18.5 Å². The van der Waals surface area contributed by atoms with Crippen molar-refractivity contribution in [2.45, 2.75) is 24.9 Å². The van der Waals surface area contributed by atoms with Crippen molar-refractivity contribution in [1.82, 2.24) is 5.32 Å². The van der Waals surface area contributed by atoms with E-state index < -0.39 is 0 Å². The molecular weight excluding hydrogens is 226 g/mol. The van der Waals surface area contributed by atoms with Crippen LogP contribution in [0.4, 0.5) is 0 Å². The van der Waals surface area contributed by atoms with Crippen LogP contribution >= 0.6 is 0 Å². The van der Waals surface area contributed by atoms with Gasteiger partial charge in [0.05, 0.1) is 25.9 Å². The van der Waals surface area contributed by atoms with E-state index in [2.05, 4.69) is 36.5 Å². The normalized spacial score (nSPS) is 26.6. The minimum absolute atomic E-state index is 0.176. The van der Waals surface area contributed by atoms with Crippen LogP contribution in [0.3, 0.4) is 0 Å². The van der Waals surface area contributed by atoms with Gasteiger partial charge in [-0.25, -0.2) is 0 Å². The summed E-state index contributed by atoms with van der Waals surface area (Å²) in [5.74, 6) is 0. The zero-order chi connectivity index (χ0) is 12.4. The third-order valence-electron chi connectivity index (χ3n) is 4.01. The zero-order valence-electron chi connectivity index (χ0n) is 10.9. The maximum absolute atomic E-state index is 5.84. The molecule has 2 fully saturated rings. The Morgan fingerprint density at radius 1 is 1.39 bits per heavy atom. The third-order valence-corrected chi connectivity index (χ3v) is 4.01. The van der Waals surface area contributed by atoms with Gasteiger partial charge >= 0.3 is 0 Å². The Hall–Kier alpha value is -0.900. The molecule has 2 aliphatic rings. The fourth-order valence-corrected chi connectivity index (χ4v) is 2.91. The van der Waals surface area contributed by atoms with Crippen LogP contribution in [0.25, 0.3) is 0 Å². The maximum atomic E-state index is 5.84. The van der Waals surface area contributed by atoms with E-state index in [1.807, 2.05) is 0 Å². The highest BCUT2D eigenvalue weighted by atomic mass is 16.5. The summed E-state index contributed by atoms with van der Waals surface area (Å²) in [6.45, 7) is 6.58. The van der Waals surface area contributed by atoms with E-state index in [1.165, 1.54) is 11.1 Å². The lowest BCUT2D eigenvalue weighted by molar-refractivity contribution is -0.0942. The summed E-state index contributed by atoms with van der Waals surface area (Å²) in [6.07, 6.45) is 1.38. The molecule has 18 heavy (non-hydrogen) atoms. The van der Waals surface area contributed by atoms with Crippen LogP contribution in [0.5, 0.6) is 0 Å². The van der Waals surface area contributed by atoms with E-state index in [-0.39, 0.29) is 5.41 Å². The molecule has 0 amide bonds. The molecule has 0 spiro atoms. The molecule has 0 bridgehead atoms. The lowest BCUT2D eigenvalue weighted by Gasteiger charge is -2.44. The molecule has 1 aromatic carbocycles. The first-order chi connectivity index (χ1) is 8.78. The number of hydrogen-bond donors (Lipinski definition) is 1. The molecule has 0 saturated carbocycles. The lowest BCUT2D eigenvalue weighted by atomic mass is 9.74. The van der Waals surface area contributed by atoms with Gasteiger partial charge in [0.25, 0.3) is 0 Å². The largest absolute Gasteiger partial charge is 0.379 e. The Labute approximate surface area is 108 Å².